The topological polar surface area (TPSA) is 21.3 Å². The Labute approximate surface area is 124 Å². The van der Waals surface area contributed by atoms with Crippen molar-refractivity contribution in [2.75, 3.05) is 6.54 Å². The van der Waals surface area contributed by atoms with Crippen LogP contribution in [0.15, 0.2) is 11.6 Å². The number of piperidine rings is 1. The largest absolute Gasteiger partial charge is 0.368 e. The fraction of sp³-hybridized carbons (Fsp3) is 0.889. The molecule has 0 aromatic heterocycles. The molecule has 2 nitrogen and oxygen atoms in total. The number of nitrogens with one attached hydrogen (secondary N) is 1. The van der Waals surface area contributed by atoms with E-state index in [4.69, 9.17) is 4.74 Å². The predicted octanol–water partition coefficient (Wildman–Crippen LogP) is 4.35. The maximum Gasteiger partial charge on any atom is 0.0766 e. The highest BCUT2D eigenvalue weighted by Gasteiger charge is 2.39. The van der Waals surface area contributed by atoms with Gasteiger partial charge in [-0.3, -0.25) is 0 Å². The first-order chi connectivity index (χ1) is 9.76. The third-order valence-corrected chi connectivity index (χ3v) is 5.50. The number of ether oxygens (including phenoxy) is 1. The second-order valence-electron chi connectivity index (χ2n) is 7.30. The van der Waals surface area contributed by atoms with E-state index < -0.39 is 0 Å². The molecule has 0 aromatic rings. The molecule has 2 heteroatoms. The van der Waals surface area contributed by atoms with E-state index in [9.17, 15) is 0 Å². The highest BCUT2D eigenvalue weighted by atomic mass is 16.5. The highest BCUT2D eigenvalue weighted by molar-refractivity contribution is 5.08. The van der Waals surface area contributed by atoms with Crippen LogP contribution in [0.3, 0.4) is 0 Å². The van der Waals surface area contributed by atoms with Crippen LogP contribution in [-0.4, -0.2) is 24.3 Å². The van der Waals surface area contributed by atoms with Crippen molar-refractivity contribution in [3.8, 4) is 0 Å². The second-order valence-corrected chi connectivity index (χ2v) is 7.30. The van der Waals surface area contributed by atoms with Crippen LogP contribution in [0.5, 0.6) is 0 Å². The van der Waals surface area contributed by atoms with Crippen LogP contribution in [-0.2, 0) is 4.74 Å². The lowest BCUT2D eigenvalue weighted by Gasteiger charge is -2.33. The Hall–Kier alpha value is -0.340. The molecule has 1 aliphatic carbocycles. The summed E-state index contributed by atoms with van der Waals surface area (Å²) in [4.78, 5) is 0. The van der Waals surface area contributed by atoms with Crippen LogP contribution >= 0.6 is 0 Å². The maximum atomic E-state index is 6.45. The van der Waals surface area contributed by atoms with Gasteiger partial charge in [0.25, 0.3) is 0 Å². The molecule has 2 unspecified atom stereocenters. The van der Waals surface area contributed by atoms with Gasteiger partial charge in [-0.25, -0.2) is 0 Å². The van der Waals surface area contributed by atoms with Gasteiger partial charge < -0.3 is 10.1 Å². The summed E-state index contributed by atoms with van der Waals surface area (Å²) >= 11 is 0. The van der Waals surface area contributed by atoms with Crippen LogP contribution in [0.1, 0.15) is 77.6 Å². The molecule has 114 valence electrons. The van der Waals surface area contributed by atoms with E-state index in [0.29, 0.717) is 12.1 Å². The first-order valence-electron chi connectivity index (χ1n) is 8.84. The van der Waals surface area contributed by atoms with Crippen LogP contribution in [0.25, 0.3) is 0 Å². The van der Waals surface area contributed by atoms with Gasteiger partial charge in [0.15, 0.2) is 0 Å². The summed E-state index contributed by atoms with van der Waals surface area (Å²) < 4.78 is 6.45. The van der Waals surface area contributed by atoms with Crippen molar-refractivity contribution < 1.29 is 4.74 Å². The molecule has 1 spiro atoms. The zero-order valence-corrected chi connectivity index (χ0v) is 13.1. The minimum atomic E-state index is 0.267. The molecule has 0 amide bonds. The molecule has 3 aliphatic rings. The standard InChI is InChI=1S/C18H31NO/c1-15(13-16-7-3-6-12-19-16)14-17-8-11-18(20-17)9-4-2-5-10-18/h14,16-17,19H,2-13H2,1H3. The quantitative estimate of drug-likeness (QED) is 0.775. The van der Waals surface area contributed by atoms with Gasteiger partial charge >= 0.3 is 0 Å². The van der Waals surface area contributed by atoms with Gasteiger partial charge in [-0.2, -0.15) is 0 Å². The van der Waals surface area contributed by atoms with Crippen molar-refractivity contribution in [3.05, 3.63) is 11.6 Å². The zero-order chi connectivity index (χ0) is 13.8. The van der Waals surface area contributed by atoms with Crippen molar-refractivity contribution in [3.63, 3.8) is 0 Å². The molecular formula is C18H31NO. The van der Waals surface area contributed by atoms with E-state index in [1.165, 1.54) is 82.7 Å². The Morgan fingerprint density at radius 1 is 1.10 bits per heavy atom. The molecule has 0 radical (unpaired) electrons. The number of hydrogen-bond acceptors (Lipinski definition) is 2. The van der Waals surface area contributed by atoms with Gasteiger partial charge in [0, 0.05) is 6.04 Å². The average Bonchev–Trinajstić information content (AvgIpc) is 2.83. The molecule has 2 saturated heterocycles. The van der Waals surface area contributed by atoms with E-state index in [-0.39, 0.29) is 5.60 Å². The first-order valence-corrected chi connectivity index (χ1v) is 8.84. The van der Waals surface area contributed by atoms with Crippen LogP contribution in [0, 0.1) is 0 Å². The van der Waals surface area contributed by atoms with Crippen LogP contribution in [0.2, 0.25) is 0 Å². The van der Waals surface area contributed by atoms with Crippen LogP contribution < -0.4 is 5.32 Å². The molecule has 0 bridgehead atoms. The minimum absolute atomic E-state index is 0.267. The van der Waals surface area contributed by atoms with E-state index in [2.05, 4.69) is 18.3 Å². The normalized spacial score (nSPS) is 34.5. The summed E-state index contributed by atoms with van der Waals surface area (Å²) in [5.74, 6) is 0. The molecule has 3 rings (SSSR count). The molecule has 0 aromatic carbocycles. The third-order valence-electron chi connectivity index (χ3n) is 5.50. The second kappa shape index (κ2) is 6.62. The van der Waals surface area contributed by atoms with E-state index >= 15 is 0 Å². The Morgan fingerprint density at radius 3 is 2.70 bits per heavy atom. The lowest BCUT2D eigenvalue weighted by atomic mass is 9.83. The van der Waals surface area contributed by atoms with E-state index in [1.54, 1.807) is 0 Å². The molecule has 2 atom stereocenters. The fourth-order valence-electron chi connectivity index (χ4n) is 4.40. The van der Waals surface area contributed by atoms with Crippen molar-refractivity contribution in [2.45, 2.75) is 95.3 Å². The summed E-state index contributed by atoms with van der Waals surface area (Å²) in [5, 5.41) is 3.65. The van der Waals surface area contributed by atoms with E-state index in [1.807, 2.05) is 0 Å². The fourth-order valence-corrected chi connectivity index (χ4v) is 4.40. The Morgan fingerprint density at radius 2 is 1.95 bits per heavy atom. The summed E-state index contributed by atoms with van der Waals surface area (Å²) in [6, 6.07) is 0.713. The van der Waals surface area contributed by atoms with Crippen molar-refractivity contribution >= 4 is 0 Å². The summed E-state index contributed by atoms with van der Waals surface area (Å²) in [7, 11) is 0. The van der Waals surface area contributed by atoms with Crippen molar-refractivity contribution in [1.82, 2.24) is 5.32 Å². The maximum absolute atomic E-state index is 6.45. The Bertz CT molecular complexity index is 337. The van der Waals surface area contributed by atoms with Gasteiger partial charge in [-0.15, -0.1) is 0 Å². The zero-order valence-electron chi connectivity index (χ0n) is 13.1. The number of hydrogen-bond donors (Lipinski definition) is 1. The smallest absolute Gasteiger partial charge is 0.0766 e. The predicted molar refractivity (Wildman–Crippen MR) is 83.9 cm³/mol. The van der Waals surface area contributed by atoms with Gasteiger partial charge in [0.1, 0.15) is 0 Å². The molecule has 2 aliphatic heterocycles. The van der Waals surface area contributed by atoms with Gasteiger partial charge in [0.2, 0.25) is 0 Å². The molecule has 3 fully saturated rings. The molecule has 20 heavy (non-hydrogen) atoms. The van der Waals surface area contributed by atoms with Crippen molar-refractivity contribution in [1.29, 1.82) is 0 Å². The Kier molecular flexibility index (Phi) is 4.83. The molecular weight excluding hydrogens is 246 g/mol. The third kappa shape index (κ3) is 3.65. The van der Waals surface area contributed by atoms with Gasteiger partial charge in [0.05, 0.1) is 11.7 Å². The SMILES string of the molecule is CC(=CC1CCC2(CCCCC2)O1)CC1CCCCN1. The van der Waals surface area contributed by atoms with Gasteiger partial charge in [-0.05, 0) is 58.4 Å². The first kappa shape index (κ1) is 14.6. The summed E-state index contributed by atoms with van der Waals surface area (Å²) in [5.41, 5.74) is 1.80. The average molecular weight is 277 g/mol. The lowest BCUT2D eigenvalue weighted by Crippen LogP contribution is -2.34. The highest BCUT2D eigenvalue weighted by Crippen LogP contribution is 2.42. The lowest BCUT2D eigenvalue weighted by molar-refractivity contribution is -0.0483. The van der Waals surface area contributed by atoms with Crippen LogP contribution in [0.4, 0.5) is 0 Å². The molecule has 1 N–H and O–H groups in total. The summed E-state index contributed by atoms with van der Waals surface area (Å²) in [6.45, 7) is 3.51. The summed E-state index contributed by atoms with van der Waals surface area (Å²) in [6.07, 6.45) is 17.5. The molecule has 1 saturated carbocycles. The Balaban J connectivity index is 1.50. The van der Waals surface area contributed by atoms with Gasteiger partial charge in [-0.1, -0.05) is 37.3 Å². The number of rotatable bonds is 3. The van der Waals surface area contributed by atoms with E-state index in [0.717, 1.165) is 0 Å². The van der Waals surface area contributed by atoms with Crippen molar-refractivity contribution in [2.24, 2.45) is 0 Å². The molecule has 2 heterocycles. The monoisotopic (exact) mass is 277 g/mol. The minimum Gasteiger partial charge on any atom is -0.368 e.